The molecule has 1 rings (SSSR count). The first-order valence-electron chi connectivity index (χ1n) is 5.42. The second-order valence-corrected chi connectivity index (χ2v) is 4.62. The highest BCUT2D eigenvalue weighted by Crippen LogP contribution is 2.06. The van der Waals surface area contributed by atoms with Crippen molar-refractivity contribution in [3.8, 4) is 0 Å². The summed E-state index contributed by atoms with van der Waals surface area (Å²) in [4.78, 5) is 15.0. The van der Waals surface area contributed by atoms with Crippen molar-refractivity contribution in [2.75, 3.05) is 6.54 Å². The van der Waals surface area contributed by atoms with E-state index >= 15 is 0 Å². The lowest BCUT2D eigenvalue weighted by Crippen LogP contribution is -2.44. The van der Waals surface area contributed by atoms with Gasteiger partial charge in [-0.25, -0.2) is 4.98 Å². The van der Waals surface area contributed by atoms with E-state index in [4.69, 9.17) is 5.73 Å². The molecule has 0 saturated heterocycles. The summed E-state index contributed by atoms with van der Waals surface area (Å²) in [6.07, 6.45) is 4.07. The third kappa shape index (κ3) is 4.02. The van der Waals surface area contributed by atoms with Crippen molar-refractivity contribution in [2.24, 2.45) is 5.73 Å². The van der Waals surface area contributed by atoms with Gasteiger partial charge in [0.1, 0.15) is 5.82 Å². The lowest BCUT2D eigenvalue weighted by molar-refractivity contribution is -0.119. The molecule has 0 fully saturated rings. The Morgan fingerprint density at radius 1 is 1.62 bits per heavy atom. The number of rotatable bonds is 6. The monoisotopic (exact) mass is 224 g/mol. The number of primary amides is 1. The van der Waals surface area contributed by atoms with Gasteiger partial charge in [0.25, 0.3) is 0 Å². The average Bonchev–Trinajstić information content (AvgIpc) is 2.49. The molecule has 0 aliphatic heterocycles. The van der Waals surface area contributed by atoms with Gasteiger partial charge in [-0.05, 0) is 20.8 Å². The molecule has 0 saturated carbocycles. The van der Waals surface area contributed by atoms with Crippen LogP contribution in [0.1, 0.15) is 26.1 Å². The van der Waals surface area contributed by atoms with Gasteiger partial charge in [0.05, 0.1) is 0 Å². The zero-order valence-corrected chi connectivity index (χ0v) is 10.2. The predicted octanol–water partition coefficient (Wildman–Crippen LogP) is 0.435. The van der Waals surface area contributed by atoms with E-state index in [0.717, 1.165) is 18.9 Å². The number of aryl methyl sites for hydroxylation is 1. The molecule has 0 radical (unpaired) electrons. The lowest BCUT2D eigenvalue weighted by Gasteiger charge is -2.25. The molecule has 0 bridgehead atoms. The molecule has 90 valence electrons. The van der Waals surface area contributed by atoms with Gasteiger partial charge in [-0.3, -0.25) is 4.79 Å². The van der Waals surface area contributed by atoms with Crippen LogP contribution in [0.25, 0.3) is 0 Å². The first-order valence-corrected chi connectivity index (χ1v) is 5.42. The van der Waals surface area contributed by atoms with Crippen LogP contribution in [-0.4, -0.2) is 27.5 Å². The van der Waals surface area contributed by atoms with Gasteiger partial charge >= 0.3 is 0 Å². The number of carbonyl (C=O) groups excluding carboxylic acids is 1. The molecule has 5 heteroatoms. The highest BCUT2D eigenvalue weighted by Gasteiger charge is 2.19. The molecule has 3 N–H and O–H groups in total. The van der Waals surface area contributed by atoms with Crippen LogP contribution in [-0.2, 0) is 11.3 Å². The molecule has 0 atom stereocenters. The van der Waals surface area contributed by atoms with Crippen molar-refractivity contribution < 1.29 is 4.79 Å². The molecule has 1 aromatic rings. The van der Waals surface area contributed by atoms with E-state index < -0.39 is 0 Å². The Morgan fingerprint density at radius 3 is 2.81 bits per heavy atom. The van der Waals surface area contributed by atoms with Crippen LogP contribution < -0.4 is 11.1 Å². The summed E-state index contributed by atoms with van der Waals surface area (Å²) in [6, 6.07) is 0. The second-order valence-electron chi connectivity index (χ2n) is 4.62. The van der Waals surface area contributed by atoms with Crippen LogP contribution in [0.2, 0.25) is 0 Å². The summed E-state index contributed by atoms with van der Waals surface area (Å²) in [6.45, 7) is 7.54. The van der Waals surface area contributed by atoms with E-state index in [0.29, 0.717) is 6.42 Å². The molecule has 0 unspecified atom stereocenters. The van der Waals surface area contributed by atoms with Gasteiger partial charge in [-0.1, -0.05) is 0 Å². The quantitative estimate of drug-likeness (QED) is 0.736. The largest absolute Gasteiger partial charge is 0.370 e. The Bertz CT molecular complexity index is 357. The fraction of sp³-hybridized carbons (Fsp3) is 0.636. The number of nitrogens with two attached hydrogens (primary N) is 1. The molecule has 0 spiro atoms. The fourth-order valence-corrected chi connectivity index (χ4v) is 1.65. The molecular formula is C11H20N4O. The van der Waals surface area contributed by atoms with Crippen LogP contribution in [0.4, 0.5) is 0 Å². The zero-order valence-electron chi connectivity index (χ0n) is 10.2. The van der Waals surface area contributed by atoms with E-state index in [1.165, 1.54) is 0 Å². The number of aromatic nitrogens is 2. The van der Waals surface area contributed by atoms with Crippen molar-refractivity contribution in [1.82, 2.24) is 14.9 Å². The Kier molecular flexibility index (Phi) is 4.06. The van der Waals surface area contributed by atoms with E-state index in [9.17, 15) is 4.79 Å². The van der Waals surface area contributed by atoms with Gasteiger partial charge < -0.3 is 15.6 Å². The smallest absolute Gasteiger partial charge is 0.219 e. The Hall–Kier alpha value is -1.36. The molecule has 0 aliphatic rings. The molecule has 1 aromatic heterocycles. The van der Waals surface area contributed by atoms with Crippen LogP contribution in [0, 0.1) is 6.92 Å². The summed E-state index contributed by atoms with van der Waals surface area (Å²) in [5.74, 6) is 0.714. The highest BCUT2D eigenvalue weighted by atomic mass is 16.1. The maximum Gasteiger partial charge on any atom is 0.219 e. The van der Waals surface area contributed by atoms with Crippen LogP contribution in [0.5, 0.6) is 0 Å². The topological polar surface area (TPSA) is 72.9 Å². The Labute approximate surface area is 96.0 Å². The van der Waals surface area contributed by atoms with Crippen molar-refractivity contribution in [3.05, 3.63) is 18.2 Å². The number of nitrogens with zero attached hydrogens (tertiary/aromatic N) is 2. The first kappa shape index (κ1) is 12.7. The van der Waals surface area contributed by atoms with Gasteiger partial charge in [0, 0.05) is 37.4 Å². The van der Waals surface area contributed by atoms with E-state index in [1.54, 1.807) is 6.20 Å². The molecule has 0 aliphatic carbocycles. The molecule has 0 aromatic carbocycles. The minimum Gasteiger partial charge on any atom is -0.370 e. The maximum atomic E-state index is 10.8. The number of nitrogens with one attached hydrogen (secondary N) is 1. The number of carbonyl (C=O) groups is 1. The summed E-state index contributed by atoms with van der Waals surface area (Å²) < 4.78 is 2.06. The van der Waals surface area contributed by atoms with Crippen LogP contribution in [0.3, 0.4) is 0 Å². The van der Waals surface area contributed by atoms with Crippen LogP contribution in [0.15, 0.2) is 12.4 Å². The standard InChI is InChI=1S/C11H20N4O/c1-9-13-4-6-15(9)7-5-14-11(2,3)8-10(12)16/h4,6,14H,5,7-8H2,1-3H3,(H2,12,16). The van der Waals surface area contributed by atoms with Gasteiger partial charge in [0.15, 0.2) is 0 Å². The first-order chi connectivity index (χ1) is 7.41. The Balaban J connectivity index is 2.35. The summed E-state index contributed by atoms with van der Waals surface area (Å²) in [5, 5.41) is 3.31. The third-order valence-electron chi connectivity index (χ3n) is 2.50. The molecular weight excluding hydrogens is 204 g/mol. The SMILES string of the molecule is Cc1nccn1CCNC(C)(C)CC(N)=O. The van der Waals surface area contributed by atoms with E-state index in [1.807, 2.05) is 27.0 Å². The third-order valence-corrected chi connectivity index (χ3v) is 2.50. The summed E-state index contributed by atoms with van der Waals surface area (Å²) in [7, 11) is 0. The minimum absolute atomic E-state index is 0.250. The molecule has 5 nitrogen and oxygen atoms in total. The number of amides is 1. The van der Waals surface area contributed by atoms with Gasteiger partial charge in [-0.2, -0.15) is 0 Å². The second kappa shape index (κ2) is 5.12. The van der Waals surface area contributed by atoms with Crippen molar-refractivity contribution in [2.45, 2.75) is 39.3 Å². The number of hydrogen-bond acceptors (Lipinski definition) is 3. The lowest BCUT2D eigenvalue weighted by atomic mass is 10.0. The maximum absolute atomic E-state index is 10.8. The van der Waals surface area contributed by atoms with E-state index in [-0.39, 0.29) is 11.4 Å². The van der Waals surface area contributed by atoms with Crippen molar-refractivity contribution >= 4 is 5.91 Å². The Morgan fingerprint density at radius 2 is 2.31 bits per heavy atom. The molecule has 16 heavy (non-hydrogen) atoms. The summed E-state index contributed by atoms with van der Waals surface area (Å²) in [5.41, 5.74) is 4.93. The minimum atomic E-state index is -0.281. The van der Waals surface area contributed by atoms with E-state index in [2.05, 4.69) is 14.9 Å². The number of hydrogen-bond donors (Lipinski definition) is 2. The normalized spacial score (nSPS) is 11.7. The number of imidazole rings is 1. The fourth-order valence-electron chi connectivity index (χ4n) is 1.65. The van der Waals surface area contributed by atoms with Gasteiger partial charge in [0.2, 0.25) is 5.91 Å². The average molecular weight is 224 g/mol. The molecule has 1 heterocycles. The molecule has 1 amide bonds. The predicted molar refractivity (Wildman–Crippen MR) is 62.9 cm³/mol. The summed E-state index contributed by atoms with van der Waals surface area (Å²) >= 11 is 0. The van der Waals surface area contributed by atoms with Gasteiger partial charge in [-0.15, -0.1) is 0 Å². The van der Waals surface area contributed by atoms with Crippen molar-refractivity contribution in [3.63, 3.8) is 0 Å². The zero-order chi connectivity index (χ0) is 12.2. The highest BCUT2D eigenvalue weighted by molar-refractivity contribution is 5.74. The van der Waals surface area contributed by atoms with Crippen molar-refractivity contribution in [1.29, 1.82) is 0 Å². The van der Waals surface area contributed by atoms with Crippen LogP contribution >= 0.6 is 0 Å².